The van der Waals surface area contributed by atoms with E-state index in [2.05, 4.69) is 49.6 Å². The first-order chi connectivity index (χ1) is 18.9. The molecule has 1 aromatic heterocycles. The van der Waals surface area contributed by atoms with Gasteiger partial charge in [0.2, 0.25) is 0 Å². The minimum atomic E-state index is -0.862. The van der Waals surface area contributed by atoms with E-state index in [1.54, 1.807) is 0 Å². The molecule has 3 unspecified atom stereocenters. The van der Waals surface area contributed by atoms with Gasteiger partial charge in [-0.15, -0.1) is 0 Å². The first kappa shape index (κ1) is 27.8. The highest BCUT2D eigenvalue weighted by atomic mass is 127. The van der Waals surface area contributed by atoms with Crippen LogP contribution in [0.25, 0.3) is 10.9 Å². The van der Waals surface area contributed by atoms with Crippen LogP contribution in [0.2, 0.25) is 0 Å². The van der Waals surface area contributed by atoms with E-state index in [9.17, 15) is 4.39 Å². The second-order valence-corrected chi connectivity index (χ2v) is 13.1. The summed E-state index contributed by atoms with van der Waals surface area (Å²) < 4.78 is 53.6. The van der Waals surface area contributed by atoms with Gasteiger partial charge in [-0.05, 0) is 67.9 Å². The Morgan fingerprint density at radius 3 is 2.72 bits per heavy atom. The average molecular weight is 658 g/mol. The molecule has 2 bridgehead atoms. The Hall–Kier alpha value is -1.40. The summed E-state index contributed by atoms with van der Waals surface area (Å²) >= 11 is 2.32. The molecule has 6 rings (SSSR count). The number of halogens is 4. The number of alkyl halides is 2. The van der Waals surface area contributed by atoms with Gasteiger partial charge < -0.3 is 15.0 Å². The van der Waals surface area contributed by atoms with Gasteiger partial charge in [-0.2, -0.15) is 9.97 Å². The van der Waals surface area contributed by atoms with Crippen LogP contribution >= 0.6 is 22.6 Å². The van der Waals surface area contributed by atoms with E-state index in [1.165, 1.54) is 6.07 Å². The van der Waals surface area contributed by atoms with Gasteiger partial charge in [0.1, 0.15) is 29.9 Å². The summed E-state index contributed by atoms with van der Waals surface area (Å²) in [4.78, 5) is 13.7. The Bertz CT molecular complexity index is 1190. The van der Waals surface area contributed by atoms with Crippen LogP contribution in [0, 0.1) is 11.6 Å². The van der Waals surface area contributed by atoms with E-state index in [0.717, 1.165) is 75.4 Å². The van der Waals surface area contributed by atoms with Crippen molar-refractivity contribution in [1.82, 2.24) is 20.2 Å². The van der Waals surface area contributed by atoms with Gasteiger partial charge in [0, 0.05) is 49.1 Å². The maximum Gasteiger partial charge on any atom is 0.319 e. The molecule has 6 nitrogen and oxygen atoms in total. The van der Waals surface area contributed by atoms with Gasteiger partial charge in [0.25, 0.3) is 0 Å². The van der Waals surface area contributed by atoms with E-state index in [4.69, 9.17) is 9.72 Å². The van der Waals surface area contributed by atoms with Crippen molar-refractivity contribution in [3.8, 4) is 6.01 Å². The molecule has 10 heteroatoms. The van der Waals surface area contributed by atoms with E-state index < -0.39 is 17.8 Å². The molecule has 4 aliphatic rings. The predicted molar refractivity (Wildman–Crippen MR) is 156 cm³/mol. The van der Waals surface area contributed by atoms with Gasteiger partial charge in [-0.25, -0.2) is 13.2 Å². The van der Waals surface area contributed by atoms with Gasteiger partial charge >= 0.3 is 6.01 Å². The average Bonchev–Trinajstić information content (AvgIpc) is 3.56. The summed E-state index contributed by atoms with van der Waals surface area (Å²) in [6.45, 7) is 5.07. The van der Waals surface area contributed by atoms with Crippen molar-refractivity contribution in [2.75, 3.05) is 42.1 Å². The molecule has 214 valence electrons. The fraction of sp³-hybridized carbons (Fsp3) is 0.724. The van der Waals surface area contributed by atoms with E-state index in [0.29, 0.717) is 36.3 Å². The first-order valence-electron chi connectivity index (χ1n) is 14.7. The molecule has 4 aliphatic heterocycles. The van der Waals surface area contributed by atoms with Gasteiger partial charge in [0.15, 0.2) is 5.82 Å². The zero-order valence-electron chi connectivity index (χ0n) is 22.7. The Kier molecular flexibility index (Phi) is 8.16. The molecule has 0 radical (unpaired) electrons. The molecule has 2 aromatic rings. The molecule has 0 amide bonds. The first-order valence-corrected chi connectivity index (χ1v) is 16.2. The molecule has 1 N–H and O–H groups in total. The van der Waals surface area contributed by atoms with E-state index >= 15 is 8.78 Å². The highest BCUT2D eigenvalue weighted by Gasteiger charge is 2.49. The lowest BCUT2D eigenvalue weighted by molar-refractivity contribution is 0.107. The van der Waals surface area contributed by atoms with Crippen molar-refractivity contribution < 1.29 is 17.9 Å². The third-order valence-corrected chi connectivity index (χ3v) is 10.1. The topological polar surface area (TPSA) is 53.5 Å². The Morgan fingerprint density at radius 1 is 1.18 bits per heavy atom. The summed E-state index contributed by atoms with van der Waals surface area (Å²) in [5.41, 5.74) is -0.0882. The minimum Gasteiger partial charge on any atom is -0.461 e. The number of benzene rings is 1. The fourth-order valence-corrected chi connectivity index (χ4v) is 8.02. The lowest BCUT2D eigenvalue weighted by Gasteiger charge is -2.35. The van der Waals surface area contributed by atoms with Gasteiger partial charge in [0.05, 0.1) is 5.54 Å². The van der Waals surface area contributed by atoms with Crippen LogP contribution in [-0.2, 0) is 0 Å². The number of nitrogens with zero attached hydrogens (tertiary/aromatic N) is 4. The molecule has 0 saturated carbocycles. The molecule has 5 heterocycles. The lowest BCUT2D eigenvalue weighted by atomic mass is 9.88. The van der Waals surface area contributed by atoms with E-state index in [1.807, 2.05) is 0 Å². The van der Waals surface area contributed by atoms with Crippen LogP contribution in [0.15, 0.2) is 6.07 Å². The minimum absolute atomic E-state index is 0.0997. The Morgan fingerprint density at radius 2 is 1.97 bits per heavy atom. The van der Waals surface area contributed by atoms with Crippen LogP contribution in [0.3, 0.4) is 0 Å². The number of hydrogen-bond donors (Lipinski definition) is 1. The van der Waals surface area contributed by atoms with Crippen molar-refractivity contribution in [1.29, 1.82) is 0 Å². The van der Waals surface area contributed by atoms with E-state index in [-0.39, 0.29) is 35.2 Å². The molecule has 39 heavy (non-hydrogen) atoms. The lowest BCUT2D eigenvalue weighted by Crippen LogP contribution is -2.51. The summed E-state index contributed by atoms with van der Waals surface area (Å²) in [6.07, 6.45) is 6.84. The Labute approximate surface area is 242 Å². The highest BCUT2D eigenvalue weighted by Crippen LogP contribution is 2.41. The van der Waals surface area contributed by atoms with Crippen LogP contribution in [0.1, 0.15) is 76.2 Å². The number of nitrogens with one attached hydrogen (secondary N) is 1. The largest absolute Gasteiger partial charge is 0.461 e. The smallest absolute Gasteiger partial charge is 0.319 e. The number of anilines is 1. The van der Waals surface area contributed by atoms with Crippen LogP contribution in [0.4, 0.5) is 19.0 Å². The van der Waals surface area contributed by atoms with Crippen molar-refractivity contribution in [3.05, 3.63) is 23.3 Å². The van der Waals surface area contributed by atoms with Crippen LogP contribution < -0.4 is 15.0 Å². The summed E-state index contributed by atoms with van der Waals surface area (Å²) in [7, 11) is 0. The standard InChI is InChI=1S/C29H39F3IN5O/c1-2-5-18(6-3-10-33)24-23(31)12-22-26(25(24)32)35-28(36-27(22)37-15-20-7-8-21(16-37)34-20)39-17-29-9-4-11-38(29)14-19(30)13-29/h12,18-21,34H,2-11,13-17H2,1H3/t18?,19-,20?,21?,29+/m1/s1. The maximum atomic E-state index is 16.4. The van der Waals surface area contributed by atoms with Gasteiger partial charge in [-0.3, -0.25) is 4.90 Å². The molecule has 5 atom stereocenters. The third kappa shape index (κ3) is 5.34. The molecule has 0 spiro atoms. The van der Waals surface area contributed by atoms with Crippen molar-refractivity contribution in [2.24, 2.45) is 0 Å². The second kappa shape index (κ2) is 11.5. The SMILES string of the molecule is CCCC(CCCI)c1c(F)cc2c(N3CC4CCC(C3)N4)nc(OC[C@@]34CCCN3C[C@H](F)C4)nc2c1F. The van der Waals surface area contributed by atoms with Crippen molar-refractivity contribution >= 4 is 39.3 Å². The quantitative estimate of drug-likeness (QED) is 0.254. The molecular weight excluding hydrogens is 618 g/mol. The third-order valence-electron chi connectivity index (χ3n) is 9.36. The number of ether oxygens (including phenoxy) is 1. The maximum absolute atomic E-state index is 16.4. The number of aromatic nitrogens is 2. The van der Waals surface area contributed by atoms with Crippen LogP contribution in [-0.4, -0.2) is 75.9 Å². The number of hydrogen-bond acceptors (Lipinski definition) is 6. The zero-order valence-corrected chi connectivity index (χ0v) is 24.9. The molecular formula is C29H39F3IN5O. The normalized spacial score (nSPS) is 29.4. The number of fused-ring (bicyclic) bond motifs is 4. The van der Waals surface area contributed by atoms with Crippen LogP contribution in [0.5, 0.6) is 6.01 Å². The molecule has 4 saturated heterocycles. The predicted octanol–water partition coefficient (Wildman–Crippen LogP) is 5.90. The summed E-state index contributed by atoms with van der Waals surface area (Å²) in [5.74, 6) is -0.761. The molecule has 1 aromatic carbocycles. The summed E-state index contributed by atoms with van der Waals surface area (Å²) in [6, 6.07) is 2.22. The number of piperazine rings is 1. The Balaban J connectivity index is 1.40. The molecule has 0 aliphatic carbocycles. The van der Waals surface area contributed by atoms with Crippen molar-refractivity contribution in [3.63, 3.8) is 0 Å². The fourth-order valence-electron chi connectivity index (χ4n) is 7.58. The highest BCUT2D eigenvalue weighted by molar-refractivity contribution is 14.1. The molecule has 4 fully saturated rings. The zero-order chi connectivity index (χ0) is 27.1. The number of rotatable bonds is 10. The van der Waals surface area contributed by atoms with Gasteiger partial charge in [-0.1, -0.05) is 35.9 Å². The van der Waals surface area contributed by atoms with Crippen molar-refractivity contribution in [2.45, 2.75) is 94.4 Å². The summed E-state index contributed by atoms with van der Waals surface area (Å²) in [5, 5.41) is 4.02. The monoisotopic (exact) mass is 657 g/mol. The second-order valence-electron chi connectivity index (χ2n) is 12.0.